The molecule has 0 saturated carbocycles. The van der Waals surface area contributed by atoms with Crippen molar-refractivity contribution in [2.75, 3.05) is 11.6 Å². The van der Waals surface area contributed by atoms with Crippen molar-refractivity contribution in [2.24, 2.45) is 0 Å². The van der Waals surface area contributed by atoms with Crippen LogP contribution in [-0.2, 0) is 16.3 Å². The first kappa shape index (κ1) is 20.1. The van der Waals surface area contributed by atoms with Gasteiger partial charge >= 0.3 is 0 Å². The lowest BCUT2D eigenvalue weighted by molar-refractivity contribution is 0.102. The molecule has 0 radical (unpaired) electrons. The van der Waals surface area contributed by atoms with Crippen LogP contribution in [0.25, 0.3) is 5.69 Å². The van der Waals surface area contributed by atoms with E-state index in [9.17, 15) is 13.2 Å². The average Bonchev–Trinajstić information content (AvgIpc) is 3.06. The Bertz CT molecular complexity index is 1110. The van der Waals surface area contributed by atoms with Crippen LogP contribution in [0.15, 0.2) is 59.6 Å². The Hall–Kier alpha value is -2.64. The molecular weight excluding hydrogens is 398 g/mol. The van der Waals surface area contributed by atoms with Crippen molar-refractivity contribution in [3.63, 3.8) is 0 Å². The lowest BCUT2D eigenvalue weighted by atomic mass is 10.1. The van der Waals surface area contributed by atoms with E-state index in [0.29, 0.717) is 22.7 Å². The maximum absolute atomic E-state index is 12.8. The molecule has 3 rings (SSSR count). The van der Waals surface area contributed by atoms with Crippen LogP contribution in [0.5, 0.6) is 0 Å². The Morgan fingerprint density at radius 1 is 1.18 bits per heavy atom. The zero-order valence-electron chi connectivity index (χ0n) is 15.5. The van der Waals surface area contributed by atoms with E-state index >= 15 is 0 Å². The van der Waals surface area contributed by atoms with Gasteiger partial charge in [-0.1, -0.05) is 31.0 Å². The molecule has 1 N–H and O–H groups in total. The zero-order chi connectivity index (χ0) is 20.3. The van der Waals surface area contributed by atoms with Gasteiger partial charge in [0.25, 0.3) is 5.91 Å². The number of sulfone groups is 1. The summed E-state index contributed by atoms with van der Waals surface area (Å²) < 4.78 is 25.2. The van der Waals surface area contributed by atoms with Gasteiger partial charge < -0.3 is 5.32 Å². The highest BCUT2D eigenvalue weighted by Crippen LogP contribution is 2.21. The van der Waals surface area contributed by atoms with Crippen LogP contribution in [0, 0.1) is 0 Å². The van der Waals surface area contributed by atoms with Crippen molar-refractivity contribution >= 4 is 33.0 Å². The van der Waals surface area contributed by atoms with Crippen LogP contribution in [-0.4, -0.2) is 30.4 Å². The second-order valence-electron chi connectivity index (χ2n) is 6.40. The maximum Gasteiger partial charge on any atom is 0.259 e. The number of anilines is 1. The number of aromatic nitrogens is 2. The zero-order valence-corrected chi connectivity index (χ0v) is 17.1. The third-order valence-electron chi connectivity index (χ3n) is 4.19. The summed E-state index contributed by atoms with van der Waals surface area (Å²) in [6.07, 6.45) is 4.15. The fraction of sp³-hybridized carbons (Fsp3) is 0.200. The lowest BCUT2D eigenvalue weighted by Gasteiger charge is -2.10. The van der Waals surface area contributed by atoms with Gasteiger partial charge in [-0.25, -0.2) is 13.1 Å². The second kappa shape index (κ2) is 8.16. The smallest absolute Gasteiger partial charge is 0.259 e. The highest BCUT2D eigenvalue weighted by Gasteiger charge is 2.18. The molecule has 1 heterocycles. The van der Waals surface area contributed by atoms with Gasteiger partial charge in [-0.2, -0.15) is 5.10 Å². The van der Waals surface area contributed by atoms with Gasteiger partial charge in [-0.05, 0) is 48.9 Å². The largest absolute Gasteiger partial charge is 0.322 e. The van der Waals surface area contributed by atoms with E-state index in [1.165, 1.54) is 18.3 Å². The quantitative estimate of drug-likeness (QED) is 0.653. The van der Waals surface area contributed by atoms with Gasteiger partial charge in [-0.3, -0.25) is 4.79 Å². The fourth-order valence-electron chi connectivity index (χ4n) is 2.85. The number of rotatable bonds is 6. The molecule has 0 aliphatic rings. The molecule has 0 unspecified atom stereocenters. The Morgan fingerprint density at radius 3 is 2.54 bits per heavy atom. The number of amides is 1. The minimum Gasteiger partial charge on any atom is -0.322 e. The Kier molecular flexibility index (Phi) is 5.86. The van der Waals surface area contributed by atoms with E-state index in [2.05, 4.69) is 10.4 Å². The van der Waals surface area contributed by atoms with Crippen LogP contribution >= 0.6 is 11.6 Å². The van der Waals surface area contributed by atoms with Gasteiger partial charge in [-0.15, -0.1) is 0 Å². The molecule has 8 heteroatoms. The summed E-state index contributed by atoms with van der Waals surface area (Å²) in [6, 6.07) is 13.4. The number of carbonyl (C=O) groups is 1. The molecule has 2 aromatic carbocycles. The van der Waals surface area contributed by atoms with E-state index in [1.54, 1.807) is 28.9 Å². The van der Waals surface area contributed by atoms with Crippen molar-refractivity contribution in [1.29, 1.82) is 0 Å². The van der Waals surface area contributed by atoms with E-state index in [-0.39, 0.29) is 10.8 Å². The number of carbonyl (C=O) groups excluding carboxylic acids is 1. The number of benzene rings is 2. The molecule has 0 fully saturated rings. The standard InChI is InChI=1S/C20H20ClN3O3S/c1-3-5-19-18(13-22-24(19)16-10-8-14(21)9-11-16)20(25)23-15-6-4-7-17(12-15)28(2,26)27/h4,6-13H,3,5H2,1-2H3,(H,23,25). The van der Waals surface area contributed by atoms with Crippen molar-refractivity contribution in [1.82, 2.24) is 9.78 Å². The summed E-state index contributed by atoms with van der Waals surface area (Å²) in [5.41, 5.74) is 2.45. The first-order chi connectivity index (χ1) is 13.3. The number of hydrogen-bond donors (Lipinski definition) is 1. The van der Waals surface area contributed by atoms with Crippen molar-refractivity contribution in [3.8, 4) is 5.69 Å². The van der Waals surface area contributed by atoms with Crippen molar-refractivity contribution in [2.45, 2.75) is 24.7 Å². The van der Waals surface area contributed by atoms with Crippen LogP contribution < -0.4 is 5.32 Å². The van der Waals surface area contributed by atoms with E-state index in [1.807, 2.05) is 19.1 Å². The molecule has 0 spiro atoms. The molecule has 3 aromatic rings. The first-order valence-electron chi connectivity index (χ1n) is 8.74. The molecule has 0 bridgehead atoms. The normalized spacial score (nSPS) is 11.4. The molecule has 6 nitrogen and oxygen atoms in total. The highest BCUT2D eigenvalue weighted by atomic mass is 35.5. The third-order valence-corrected chi connectivity index (χ3v) is 5.55. The summed E-state index contributed by atoms with van der Waals surface area (Å²) in [4.78, 5) is 13.0. The number of halogens is 1. The van der Waals surface area contributed by atoms with E-state index in [0.717, 1.165) is 24.1 Å². The molecule has 28 heavy (non-hydrogen) atoms. The summed E-state index contributed by atoms with van der Waals surface area (Å²) in [6.45, 7) is 2.02. The fourth-order valence-corrected chi connectivity index (χ4v) is 3.64. The van der Waals surface area contributed by atoms with Gasteiger partial charge in [0.15, 0.2) is 9.84 Å². The van der Waals surface area contributed by atoms with Gasteiger partial charge in [0.05, 0.1) is 28.0 Å². The molecule has 0 aliphatic carbocycles. The molecular formula is C20H20ClN3O3S. The van der Waals surface area contributed by atoms with E-state index < -0.39 is 9.84 Å². The summed E-state index contributed by atoms with van der Waals surface area (Å²) >= 11 is 5.95. The number of nitrogens with one attached hydrogen (secondary N) is 1. The van der Waals surface area contributed by atoms with Gasteiger partial charge in [0.1, 0.15) is 0 Å². The Morgan fingerprint density at radius 2 is 1.89 bits per heavy atom. The Labute approximate surface area is 169 Å². The van der Waals surface area contributed by atoms with Gasteiger partial charge in [0.2, 0.25) is 0 Å². The van der Waals surface area contributed by atoms with Crippen LogP contribution in [0.4, 0.5) is 5.69 Å². The molecule has 0 aliphatic heterocycles. The SMILES string of the molecule is CCCc1c(C(=O)Nc2cccc(S(C)(=O)=O)c2)cnn1-c1ccc(Cl)cc1. The molecule has 0 atom stereocenters. The molecule has 1 amide bonds. The lowest BCUT2D eigenvalue weighted by Crippen LogP contribution is -2.15. The monoisotopic (exact) mass is 417 g/mol. The van der Waals surface area contributed by atoms with Crippen LogP contribution in [0.3, 0.4) is 0 Å². The van der Waals surface area contributed by atoms with Crippen molar-refractivity contribution in [3.05, 3.63) is 71.0 Å². The summed E-state index contributed by atoms with van der Waals surface area (Å²) in [5, 5.41) is 7.76. The predicted octanol–water partition coefficient (Wildman–Crippen LogP) is 4.13. The van der Waals surface area contributed by atoms with Gasteiger partial charge in [0, 0.05) is 17.0 Å². The summed E-state index contributed by atoms with van der Waals surface area (Å²) in [7, 11) is -3.36. The summed E-state index contributed by atoms with van der Waals surface area (Å²) in [5.74, 6) is -0.339. The maximum atomic E-state index is 12.8. The number of hydrogen-bond acceptors (Lipinski definition) is 4. The molecule has 146 valence electrons. The minimum atomic E-state index is -3.36. The third kappa shape index (κ3) is 4.43. The molecule has 1 aromatic heterocycles. The number of nitrogens with zero attached hydrogens (tertiary/aromatic N) is 2. The van der Waals surface area contributed by atoms with Crippen molar-refractivity contribution < 1.29 is 13.2 Å². The average molecular weight is 418 g/mol. The highest BCUT2D eigenvalue weighted by molar-refractivity contribution is 7.90. The minimum absolute atomic E-state index is 0.149. The second-order valence-corrected chi connectivity index (χ2v) is 8.85. The Balaban J connectivity index is 1.93. The molecule has 0 saturated heterocycles. The topological polar surface area (TPSA) is 81.1 Å². The van der Waals surface area contributed by atoms with E-state index in [4.69, 9.17) is 11.6 Å². The first-order valence-corrected chi connectivity index (χ1v) is 11.0. The van der Waals surface area contributed by atoms with Crippen LogP contribution in [0.1, 0.15) is 29.4 Å². The predicted molar refractivity (Wildman–Crippen MR) is 110 cm³/mol. The van der Waals surface area contributed by atoms with Crippen LogP contribution in [0.2, 0.25) is 5.02 Å².